The molecule has 5 atom stereocenters. The Hall–Kier alpha value is -3.42. The van der Waals surface area contributed by atoms with Gasteiger partial charge in [-0.2, -0.15) is 0 Å². The van der Waals surface area contributed by atoms with E-state index in [1.54, 1.807) is 10.9 Å². The normalized spacial score (nSPS) is 17.4. The van der Waals surface area contributed by atoms with Gasteiger partial charge >= 0.3 is 0 Å². The molecule has 0 bridgehead atoms. The van der Waals surface area contributed by atoms with E-state index in [0.717, 1.165) is 63.1 Å². The predicted octanol–water partition coefficient (Wildman–Crippen LogP) is 3.20. The summed E-state index contributed by atoms with van der Waals surface area (Å²) in [4.78, 5) is 36.2. The number of aliphatic hydroxyl groups is 4. The Morgan fingerprint density at radius 1 is 0.616 bits per heavy atom. The van der Waals surface area contributed by atoms with Crippen LogP contribution in [-0.4, -0.2) is 188 Å². The van der Waals surface area contributed by atoms with E-state index < -0.39 is 36.5 Å². The Morgan fingerprint density at radius 2 is 1.12 bits per heavy atom. The van der Waals surface area contributed by atoms with E-state index in [1.165, 1.54) is 64.2 Å². The first kappa shape index (κ1) is 65.7. The number of carbonyl (C=O) groups excluding carboxylic acids is 3. The number of ether oxygens (including phenoxy) is 7. The monoisotopic (exact) mass is 1050 g/mol. The molecular weight excluding hydrogens is 965 g/mol. The molecule has 0 radical (unpaired) electrons. The molecule has 20 nitrogen and oxygen atoms in total. The molecule has 2 heterocycles. The fourth-order valence-corrected chi connectivity index (χ4v) is 8.26. The lowest BCUT2D eigenvalue weighted by atomic mass is 10.0. The van der Waals surface area contributed by atoms with Gasteiger partial charge in [0.25, 0.3) is 0 Å². The minimum Gasteiger partial charge on any atom is -0.394 e. The van der Waals surface area contributed by atoms with Crippen LogP contribution >= 0.6 is 11.8 Å². The molecule has 1 aromatic rings. The lowest BCUT2D eigenvalue weighted by Gasteiger charge is -2.39. The number of hydrogen-bond acceptors (Lipinski definition) is 17. The molecule has 1 fully saturated rings. The smallest absolute Gasteiger partial charge is 0.246 e. The van der Waals surface area contributed by atoms with Gasteiger partial charge in [0.05, 0.1) is 92.0 Å². The van der Waals surface area contributed by atoms with E-state index in [0.29, 0.717) is 83.8 Å². The minimum atomic E-state index is -1.44. The Balaban J connectivity index is 1.27. The van der Waals surface area contributed by atoms with Crippen molar-refractivity contribution in [2.24, 2.45) is 0 Å². The summed E-state index contributed by atoms with van der Waals surface area (Å²) >= 11 is 1.14. The van der Waals surface area contributed by atoms with Crippen LogP contribution in [0.5, 0.6) is 0 Å². The van der Waals surface area contributed by atoms with Crippen molar-refractivity contribution in [1.29, 1.82) is 0 Å². The molecule has 1 aromatic heterocycles. The molecule has 0 saturated carbocycles. The van der Waals surface area contributed by atoms with Crippen LogP contribution in [-0.2, 0) is 60.6 Å². The topological polar surface area (TPSA) is 264 Å². The highest BCUT2D eigenvalue weighted by Gasteiger charge is 2.43. The molecule has 73 heavy (non-hydrogen) atoms. The van der Waals surface area contributed by atoms with Crippen LogP contribution in [0.3, 0.4) is 0 Å². The zero-order valence-electron chi connectivity index (χ0n) is 43.7. The van der Waals surface area contributed by atoms with Crippen LogP contribution in [0.4, 0.5) is 0 Å². The second kappa shape index (κ2) is 47.1. The van der Waals surface area contributed by atoms with Crippen LogP contribution in [0, 0.1) is 23.7 Å². The van der Waals surface area contributed by atoms with Gasteiger partial charge in [0.15, 0.2) is 0 Å². The molecule has 1 aliphatic rings. The zero-order chi connectivity index (χ0) is 52.7. The first-order valence-electron chi connectivity index (χ1n) is 26.8. The Bertz CT molecular complexity index is 1660. The summed E-state index contributed by atoms with van der Waals surface area (Å²) in [6, 6.07) is 0. The second-order valence-electron chi connectivity index (χ2n) is 17.7. The van der Waals surface area contributed by atoms with Crippen molar-refractivity contribution < 1.29 is 68.0 Å². The standard InChI is InChI=1S/C52H90N6O14S/c1-2-3-4-5-6-7-8-9-10-11-12-13-14-15-16-17-18-19-20-21-22-23-24-46(60)55-39-44-40-58(57-56-44)27-29-67-31-33-69-35-36-70-42-47(61)53-25-28-66-30-32-68-34-37-71-43-48(62)54-26-38-73-52-51(65)50(64)49(63)45(41-59)72-52/h40,45,49-52,59,63-65H,2-12,17-39,41-43H2,1H3,(H,53,61)(H,54,62)(H,55,60)/t45-,49-,50+,51+,52-/m1/s1. The molecule has 418 valence electrons. The van der Waals surface area contributed by atoms with Crippen molar-refractivity contribution in [2.75, 3.05) is 105 Å². The minimum absolute atomic E-state index is 0.0217. The Morgan fingerprint density at radius 3 is 1.70 bits per heavy atom. The number of nitrogens with zero attached hydrogens (tertiary/aromatic N) is 3. The molecule has 21 heteroatoms. The van der Waals surface area contributed by atoms with Crippen molar-refractivity contribution in [1.82, 2.24) is 30.9 Å². The summed E-state index contributed by atoms with van der Waals surface area (Å²) in [7, 11) is 0. The number of unbranched alkanes of at least 4 members (excludes halogenated alkanes) is 16. The van der Waals surface area contributed by atoms with Crippen molar-refractivity contribution in [3.63, 3.8) is 0 Å². The van der Waals surface area contributed by atoms with Gasteiger partial charge in [-0.25, -0.2) is 4.68 Å². The van der Waals surface area contributed by atoms with Crippen LogP contribution in [0.15, 0.2) is 6.20 Å². The SMILES string of the molecule is CCCCCCCCCCCCC#CC#CCCCCCCCCC(=O)NCc1cn(CCOCCOCCOCC(=O)NCCOCCOCCOCC(=O)NCCS[C@H]2O[C@H](CO)[C@@H](O)[C@H](O)[C@@H]2O)nn1. The fourth-order valence-electron chi connectivity index (χ4n) is 7.23. The Kier molecular flexibility index (Phi) is 42.4. The van der Waals surface area contributed by atoms with E-state index in [9.17, 15) is 34.8 Å². The van der Waals surface area contributed by atoms with Gasteiger partial charge in [0.1, 0.15) is 48.8 Å². The molecule has 0 aromatic carbocycles. The van der Waals surface area contributed by atoms with Crippen molar-refractivity contribution in [3.05, 3.63) is 11.9 Å². The number of aromatic nitrogens is 3. The highest BCUT2D eigenvalue weighted by molar-refractivity contribution is 7.99. The third kappa shape index (κ3) is 37.1. The highest BCUT2D eigenvalue weighted by Crippen LogP contribution is 2.28. The number of nitrogens with one attached hydrogen (secondary N) is 3. The lowest BCUT2D eigenvalue weighted by molar-refractivity contribution is -0.205. The molecule has 7 N–H and O–H groups in total. The van der Waals surface area contributed by atoms with Gasteiger partial charge in [-0.05, 0) is 31.1 Å². The van der Waals surface area contributed by atoms with Crippen molar-refractivity contribution >= 4 is 29.5 Å². The maximum atomic E-state index is 12.3. The molecule has 0 aliphatic carbocycles. The summed E-state index contributed by atoms with van der Waals surface area (Å²) in [5.74, 6) is 12.2. The van der Waals surface area contributed by atoms with Crippen LogP contribution in [0.25, 0.3) is 0 Å². The summed E-state index contributed by atoms with van der Waals surface area (Å²) in [5.41, 5.74) is -0.161. The van der Waals surface area contributed by atoms with Gasteiger partial charge in [-0.15, -0.1) is 16.9 Å². The van der Waals surface area contributed by atoms with Crippen LogP contribution < -0.4 is 16.0 Å². The highest BCUT2D eigenvalue weighted by atomic mass is 32.2. The fraction of sp³-hybridized carbons (Fsp3) is 0.827. The van der Waals surface area contributed by atoms with Gasteiger partial charge in [-0.3, -0.25) is 14.4 Å². The first-order chi connectivity index (χ1) is 35.7. The largest absolute Gasteiger partial charge is 0.394 e. The van der Waals surface area contributed by atoms with E-state index in [1.807, 2.05) is 0 Å². The molecule has 1 saturated heterocycles. The summed E-state index contributed by atoms with van der Waals surface area (Å²) < 4.78 is 39.7. The first-order valence-corrected chi connectivity index (χ1v) is 27.8. The van der Waals surface area contributed by atoms with Gasteiger partial charge < -0.3 is 69.5 Å². The molecule has 0 unspecified atom stereocenters. The quantitative estimate of drug-likeness (QED) is 0.0365. The van der Waals surface area contributed by atoms with Gasteiger partial charge in [-0.1, -0.05) is 107 Å². The predicted molar refractivity (Wildman–Crippen MR) is 278 cm³/mol. The van der Waals surface area contributed by atoms with Gasteiger partial charge in [0, 0.05) is 38.1 Å². The summed E-state index contributed by atoms with van der Waals surface area (Å²) in [5, 5.41) is 55.6. The summed E-state index contributed by atoms with van der Waals surface area (Å²) in [6.45, 7) is 6.11. The summed E-state index contributed by atoms with van der Waals surface area (Å²) in [6.07, 6.45) is 18.9. The van der Waals surface area contributed by atoms with Gasteiger partial charge in [0.2, 0.25) is 17.7 Å². The third-order valence-electron chi connectivity index (χ3n) is 11.4. The Labute approximate surface area is 439 Å². The number of aliphatic hydroxyl groups excluding tert-OH is 4. The molecule has 0 spiro atoms. The lowest BCUT2D eigenvalue weighted by Crippen LogP contribution is -2.57. The van der Waals surface area contributed by atoms with Crippen LogP contribution in [0.2, 0.25) is 0 Å². The van der Waals surface area contributed by atoms with E-state index in [4.69, 9.17) is 33.2 Å². The number of amides is 3. The molecule has 1 aliphatic heterocycles. The van der Waals surface area contributed by atoms with E-state index in [2.05, 4.69) is 56.9 Å². The number of rotatable bonds is 47. The maximum Gasteiger partial charge on any atom is 0.246 e. The number of carbonyl (C=O) groups is 3. The molecule has 3 amide bonds. The average molecular weight is 1060 g/mol. The van der Waals surface area contributed by atoms with Crippen LogP contribution in [0.1, 0.15) is 135 Å². The second-order valence-corrected chi connectivity index (χ2v) is 18.9. The van der Waals surface area contributed by atoms with Crippen molar-refractivity contribution in [2.45, 2.75) is 172 Å². The number of thioether (sulfide) groups is 1. The molecular formula is C52H90N6O14S. The maximum absolute atomic E-state index is 12.3. The van der Waals surface area contributed by atoms with E-state index >= 15 is 0 Å². The number of hydrogen-bond donors (Lipinski definition) is 7. The molecule has 2 rings (SSSR count). The van der Waals surface area contributed by atoms with E-state index in [-0.39, 0.29) is 57.3 Å². The zero-order valence-corrected chi connectivity index (χ0v) is 44.6. The average Bonchev–Trinajstić information content (AvgIpc) is 3.85. The van der Waals surface area contributed by atoms with Crippen molar-refractivity contribution in [3.8, 4) is 23.7 Å². The third-order valence-corrected chi connectivity index (χ3v) is 12.6.